The van der Waals surface area contributed by atoms with E-state index in [1.807, 2.05) is 18.4 Å². The average Bonchev–Trinajstić information content (AvgIpc) is 2.85. The minimum absolute atomic E-state index is 0.0401. The van der Waals surface area contributed by atoms with Gasteiger partial charge in [-0.3, -0.25) is 0 Å². The second-order valence-electron chi connectivity index (χ2n) is 6.00. The molecule has 1 N–H and O–H groups in total. The summed E-state index contributed by atoms with van der Waals surface area (Å²) in [6.45, 7) is 9.85. The summed E-state index contributed by atoms with van der Waals surface area (Å²) in [6.07, 6.45) is 0. The van der Waals surface area contributed by atoms with Crippen molar-refractivity contribution in [3.8, 4) is 0 Å². The number of hydrogen-bond acceptors (Lipinski definition) is 3. The molecular weight excluding hydrogens is 264 g/mol. The van der Waals surface area contributed by atoms with E-state index in [2.05, 4.69) is 63.3 Å². The molecule has 3 heteroatoms. The fraction of sp³-hybridized carbons (Fsp3) is 0.471. The molecule has 0 saturated carbocycles. The van der Waals surface area contributed by atoms with E-state index >= 15 is 0 Å². The first-order valence-electron chi connectivity index (χ1n) is 7.17. The normalized spacial score (nSPS) is 12.1. The molecule has 1 aromatic carbocycles. The van der Waals surface area contributed by atoms with Gasteiger partial charge in [-0.1, -0.05) is 44.2 Å². The maximum absolute atomic E-state index is 4.95. The van der Waals surface area contributed by atoms with Crippen molar-refractivity contribution in [1.82, 2.24) is 10.3 Å². The molecule has 1 aromatic heterocycles. The van der Waals surface area contributed by atoms with Gasteiger partial charge in [-0.25, -0.2) is 4.98 Å². The summed E-state index contributed by atoms with van der Waals surface area (Å²) >= 11 is 1.84. The molecule has 0 aliphatic rings. The van der Waals surface area contributed by atoms with Gasteiger partial charge in [-0.05, 0) is 32.4 Å². The van der Waals surface area contributed by atoms with Crippen molar-refractivity contribution in [1.29, 1.82) is 0 Å². The average molecular weight is 288 g/mol. The SMILES string of the molecule is CNCc1sc(C(C)(C)c2ccccc2)nc1C(C)C. The summed E-state index contributed by atoms with van der Waals surface area (Å²) in [5.41, 5.74) is 2.52. The lowest BCUT2D eigenvalue weighted by Gasteiger charge is -2.22. The first-order valence-corrected chi connectivity index (χ1v) is 7.98. The van der Waals surface area contributed by atoms with Gasteiger partial charge in [0.25, 0.3) is 0 Å². The van der Waals surface area contributed by atoms with Crippen molar-refractivity contribution in [3.05, 3.63) is 51.5 Å². The van der Waals surface area contributed by atoms with E-state index in [9.17, 15) is 0 Å². The second kappa shape index (κ2) is 6.06. The number of aromatic nitrogens is 1. The van der Waals surface area contributed by atoms with Crippen LogP contribution in [-0.2, 0) is 12.0 Å². The monoisotopic (exact) mass is 288 g/mol. The zero-order chi connectivity index (χ0) is 14.8. The smallest absolute Gasteiger partial charge is 0.103 e. The molecule has 0 aliphatic carbocycles. The Morgan fingerprint density at radius 2 is 1.85 bits per heavy atom. The standard InChI is InChI=1S/C17H24N2S/c1-12(2)15-14(11-18-5)20-16(19-15)17(3,4)13-9-7-6-8-10-13/h6-10,12,18H,11H2,1-5H3. The minimum atomic E-state index is -0.0401. The van der Waals surface area contributed by atoms with E-state index in [0.29, 0.717) is 5.92 Å². The maximum atomic E-state index is 4.95. The Morgan fingerprint density at radius 1 is 1.20 bits per heavy atom. The summed E-state index contributed by atoms with van der Waals surface area (Å²) in [5.74, 6) is 0.468. The van der Waals surface area contributed by atoms with Crippen LogP contribution in [0.25, 0.3) is 0 Å². The van der Waals surface area contributed by atoms with Gasteiger partial charge < -0.3 is 5.32 Å². The van der Waals surface area contributed by atoms with Gasteiger partial charge >= 0.3 is 0 Å². The van der Waals surface area contributed by atoms with Crippen LogP contribution in [0, 0.1) is 0 Å². The molecular formula is C17H24N2S. The van der Waals surface area contributed by atoms with Gasteiger partial charge in [0.15, 0.2) is 0 Å². The van der Waals surface area contributed by atoms with Crippen molar-refractivity contribution in [2.24, 2.45) is 0 Å². The van der Waals surface area contributed by atoms with Crippen LogP contribution in [-0.4, -0.2) is 12.0 Å². The van der Waals surface area contributed by atoms with Crippen LogP contribution in [0.3, 0.4) is 0 Å². The summed E-state index contributed by atoms with van der Waals surface area (Å²) in [5, 5.41) is 4.46. The lowest BCUT2D eigenvalue weighted by atomic mass is 9.85. The summed E-state index contributed by atoms with van der Waals surface area (Å²) in [4.78, 5) is 6.32. The number of benzene rings is 1. The third-order valence-corrected chi connectivity index (χ3v) is 5.04. The first kappa shape index (κ1) is 15.2. The Balaban J connectivity index is 2.44. The molecule has 0 unspecified atom stereocenters. The number of thiazole rings is 1. The van der Waals surface area contributed by atoms with E-state index in [1.165, 1.54) is 21.1 Å². The van der Waals surface area contributed by atoms with Crippen LogP contribution >= 0.6 is 11.3 Å². The summed E-state index contributed by atoms with van der Waals surface area (Å²) < 4.78 is 0. The van der Waals surface area contributed by atoms with E-state index in [4.69, 9.17) is 4.98 Å². The Hall–Kier alpha value is -1.19. The molecule has 2 nitrogen and oxygen atoms in total. The molecule has 0 atom stereocenters. The zero-order valence-electron chi connectivity index (χ0n) is 13.0. The van der Waals surface area contributed by atoms with Crippen molar-refractivity contribution >= 4 is 11.3 Å². The molecule has 20 heavy (non-hydrogen) atoms. The van der Waals surface area contributed by atoms with Crippen LogP contribution < -0.4 is 5.32 Å². The fourth-order valence-electron chi connectivity index (χ4n) is 2.35. The van der Waals surface area contributed by atoms with Crippen LogP contribution in [0.1, 0.15) is 54.8 Å². The second-order valence-corrected chi connectivity index (χ2v) is 7.09. The predicted octanol–water partition coefficient (Wildman–Crippen LogP) is 4.31. The van der Waals surface area contributed by atoms with Gasteiger partial charge in [-0.15, -0.1) is 11.3 Å². The van der Waals surface area contributed by atoms with E-state index in [1.54, 1.807) is 0 Å². The van der Waals surface area contributed by atoms with Crippen molar-refractivity contribution < 1.29 is 0 Å². The molecule has 2 aromatic rings. The van der Waals surface area contributed by atoms with E-state index in [-0.39, 0.29) is 5.41 Å². The van der Waals surface area contributed by atoms with Gasteiger partial charge in [0.2, 0.25) is 0 Å². The largest absolute Gasteiger partial charge is 0.315 e. The van der Waals surface area contributed by atoms with Gasteiger partial charge in [-0.2, -0.15) is 0 Å². The molecule has 0 saturated heterocycles. The quantitative estimate of drug-likeness (QED) is 0.886. The van der Waals surface area contributed by atoms with Crippen LogP contribution in [0.5, 0.6) is 0 Å². The summed E-state index contributed by atoms with van der Waals surface area (Å²) in [6, 6.07) is 10.6. The fourth-order valence-corrected chi connectivity index (χ4v) is 3.70. The molecule has 108 valence electrons. The molecule has 0 fully saturated rings. The van der Waals surface area contributed by atoms with Crippen LogP contribution in [0.4, 0.5) is 0 Å². The summed E-state index contributed by atoms with van der Waals surface area (Å²) in [7, 11) is 1.99. The van der Waals surface area contributed by atoms with E-state index in [0.717, 1.165) is 6.54 Å². The zero-order valence-corrected chi connectivity index (χ0v) is 13.8. The van der Waals surface area contributed by atoms with Gasteiger partial charge in [0.05, 0.1) is 5.69 Å². The Kier molecular flexibility index (Phi) is 4.61. The van der Waals surface area contributed by atoms with Crippen LogP contribution in [0.2, 0.25) is 0 Å². The number of nitrogens with zero attached hydrogens (tertiary/aromatic N) is 1. The lowest BCUT2D eigenvalue weighted by Crippen LogP contribution is -2.18. The molecule has 1 heterocycles. The van der Waals surface area contributed by atoms with Gasteiger partial charge in [0, 0.05) is 16.8 Å². The molecule has 0 amide bonds. The lowest BCUT2D eigenvalue weighted by molar-refractivity contribution is 0.628. The van der Waals surface area contributed by atoms with Gasteiger partial charge in [0.1, 0.15) is 5.01 Å². The number of rotatable bonds is 5. The molecule has 0 radical (unpaired) electrons. The minimum Gasteiger partial charge on any atom is -0.315 e. The van der Waals surface area contributed by atoms with Crippen molar-refractivity contribution in [2.75, 3.05) is 7.05 Å². The highest BCUT2D eigenvalue weighted by atomic mass is 32.1. The topological polar surface area (TPSA) is 24.9 Å². The highest BCUT2D eigenvalue weighted by Crippen LogP contribution is 2.37. The number of nitrogens with one attached hydrogen (secondary N) is 1. The molecule has 2 rings (SSSR count). The molecule has 0 aliphatic heterocycles. The highest BCUT2D eigenvalue weighted by Gasteiger charge is 2.28. The van der Waals surface area contributed by atoms with Crippen molar-refractivity contribution in [2.45, 2.75) is 45.6 Å². The third kappa shape index (κ3) is 2.94. The highest BCUT2D eigenvalue weighted by molar-refractivity contribution is 7.12. The number of hydrogen-bond donors (Lipinski definition) is 1. The third-order valence-electron chi connectivity index (χ3n) is 3.64. The van der Waals surface area contributed by atoms with E-state index < -0.39 is 0 Å². The first-order chi connectivity index (χ1) is 9.46. The predicted molar refractivity (Wildman–Crippen MR) is 87.5 cm³/mol. The molecule has 0 spiro atoms. The maximum Gasteiger partial charge on any atom is 0.103 e. The Morgan fingerprint density at radius 3 is 2.40 bits per heavy atom. The Bertz CT molecular complexity index is 556. The molecule has 0 bridgehead atoms. The van der Waals surface area contributed by atoms with Crippen molar-refractivity contribution in [3.63, 3.8) is 0 Å². The van der Waals surface area contributed by atoms with Crippen LogP contribution in [0.15, 0.2) is 30.3 Å². The Labute approximate surface area is 126 Å².